The van der Waals surface area contributed by atoms with E-state index < -0.39 is 0 Å². The Balaban J connectivity index is 1.86. The van der Waals surface area contributed by atoms with Crippen LogP contribution in [-0.4, -0.2) is 10.9 Å². The average Bonchev–Trinajstić information content (AvgIpc) is 2.72. The van der Waals surface area contributed by atoms with Gasteiger partial charge in [0.1, 0.15) is 18.6 Å². The number of rotatable bonds is 7. The molecular weight excluding hydrogens is 501 g/mol. The molecule has 0 radical (unpaired) electrons. The van der Waals surface area contributed by atoms with Crippen molar-refractivity contribution in [3.63, 3.8) is 0 Å². The number of benzene rings is 2. The van der Waals surface area contributed by atoms with Crippen LogP contribution in [0.2, 0.25) is 5.02 Å². The van der Waals surface area contributed by atoms with Gasteiger partial charge in [0.05, 0.1) is 14.3 Å². The van der Waals surface area contributed by atoms with E-state index >= 15 is 0 Å². The summed E-state index contributed by atoms with van der Waals surface area (Å²) in [5.41, 5.74) is 4.46. The SMILES string of the molecule is Cc1cccc(OCc2c(Cl)cc(I)c(=O)n2CCc2ccc(C=O)cc2)c1C. The van der Waals surface area contributed by atoms with Gasteiger partial charge in [-0.25, -0.2) is 0 Å². The van der Waals surface area contributed by atoms with Crippen molar-refractivity contribution in [3.05, 3.63) is 95.4 Å². The molecule has 0 aliphatic carbocycles. The largest absolute Gasteiger partial charge is 0.487 e. The lowest BCUT2D eigenvalue weighted by molar-refractivity contribution is 0.112. The molecule has 0 amide bonds. The number of aldehydes is 1. The maximum atomic E-state index is 12.8. The Morgan fingerprint density at radius 3 is 2.55 bits per heavy atom. The smallest absolute Gasteiger partial charge is 0.264 e. The average molecular weight is 522 g/mol. The van der Waals surface area contributed by atoms with Gasteiger partial charge in [0.2, 0.25) is 0 Å². The fourth-order valence-corrected chi connectivity index (χ4v) is 4.10. The van der Waals surface area contributed by atoms with Crippen LogP contribution in [0.5, 0.6) is 5.75 Å². The molecule has 0 bridgehead atoms. The van der Waals surface area contributed by atoms with Crippen LogP contribution in [0.4, 0.5) is 0 Å². The predicted octanol–water partition coefficient (Wildman–Crippen LogP) is 5.36. The standard InChI is InChI=1S/C23H21ClINO3/c1-15-4-3-5-22(16(15)2)29-14-21-19(24)12-20(25)23(28)26(21)11-10-17-6-8-18(13-27)9-7-17/h3-9,12-13H,10-11,14H2,1-2H3. The topological polar surface area (TPSA) is 48.3 Å². The predicted molar refractivity (Wildman–Crippen MR) is 124 cm³/mol. The number of hydrogen-bond donors (Lipinski definition) is 0. The van der Waals surface area contributed by atoms with Gasteiger partial charge >= 0.3 is 0 Å². The molecule has 2 aromatic carbocycles. The highest BCUT2D eigenvalue weighted by molar-refractivity contribution is 14.1. The van der Waals surface area contributed by atoms with Crippen LogP contribution in [-0.2, 0) is 19.6 Å². The molecule has 0 aliphatic heterocycles. The Kier molecular flexibility index (Phi) is 7.14. The zero-order chi connectivity index (χ0) is 21.0. The second kappa shape index (κ2) is 9.59. The molecule has 0 spiro atoms. The van der Waals surface area contributed by atoms with Gasteiger partial charge in [0.25, 0.3) is 5.56 Å². The van der Waals surface area contributed by atoms with E-state index in [1.807, 2.05) is 66.8 Å². The zero-order valence-corrected chi connectivity index (χ0v) is 19.2. The molecular formula is C23H21ClINO3. The summed E-state index contributed by atoms with van der Waals surface area (Å²) < 4.78 is 8.27. The van der Waals surface area contributed by atoms with Crippen molar-refractivity contribution in [2.45, 2.75) is 33.4 Å². The lowest BCUT2D eigenvalue weighted by Gasteiger charge is -2.17. The molecule has 3 rings (SSSR count). The Hall–Kier alpha value is -2.12. The van der Waals surface area contributed by atoms with Crippen LogP contribution in [0, 0.1) is 17.4 Å². The molecule has 0 fully saturated rings. The number of pyridine rings is 1. The second-order valence-electron chi connectivity index (χ2n) is 6.84. The number of hydrogen-bond acceptors (Lipinski definition) is 3. The molecule has 29 heavy (non-hydrogen) atoms. The zero-order valence-electron chi connectivity index (χ0n) is 16.2. The van der Waals surface area contributed by atoms with E-state index in [-0.39, 0.29) is 12.2 Å². The minimum Gasteiger partial charge on any atom is -0.487 e. The molecule has 0 aliphatic rings. The fraction of sp³-hybridized carbons (Fsp3) is 0.217. The first-order valence-corrected chi connectivity index (χ1v) is 10.7. The Morgan fingerprint density at radius 2 is 1.86 bits per heavy atom. The van der Waals surface area contributed by atoms with E-state index in [0.29, 0.717) is 32.8 Å². The number of aromatic nitrogens is 1. The first kappa shape index (κ1) is 21.6. The molecule has 150 valence electrons. The summed E-state index contributed by atoms with van der Waals surface area (Å²) in [6, 6.07) is 14.9. The summed E-state index contributed by atoms with van der Waals surface area (Å²) in [5.74, 6) is 0.781. The van der Waals surface area contributed by atoms with Gasteiger partial charge in [0, 0.05) is 12.1 Å². The number of nitrogens with zero attached hydrogens (tertiary/aromatic N) is 1. The van der Waals surface area contributed by atoms with Crippen molar-refractivity contribution in [3.8, 4) is 5.75 Å². The Bertz CT molecular complexity index is 1090. The van der Waals surface area contributed by atoms with Crippen molar-refractivity contribution in [1.29, 1.82) is 0 Å². The molecule has 3 aromatic rings. The summed E-state index contributed by atoms with van der Waals surface area (Å²) in [4.78, 5) is 23.6. The number of carbonyl (C=O) groups is 1. The number of carbonyl (C=O) groups excluding carboxylic acids is 1. The van der Waals surface area contributed by atoms with E-state index in [0.717, 1.165) is 28.7 Å². The van der Waals surface area contributed by atoms with Gasteiger partial charge in [0.15, 0.2) is 0 Å². The molecule has 0 saturated heterocycles. The van der Waals surface area contributed by atoms with Crippen LogP contribution >= 0.6 is 34.2 Å². The van der Waals surface area contributed by atoms with Gasteiger partial charge in [-0.05, 0) is 71.7 Å². The highest BCUT2D eigenvalue weighted by Gasteiger charge is 2.14. The summed E-state index contributed by atoms with van der Waals surface area (Å²) >= 11 is 8.49. The molecule has 1 aromatic heterocycles. The lowest BCUT2D eigenvalue weighted by atomic mass is 10.1. The maximum Gasteiger partial charge on any atom is 0.264 e. The molecule has 0 N–H and O–H groups in total. The van der Waals surface area contributed by atoms with E-state index in [1.54, 1.807) is 22.8 Å². The van der Waals surface area contributed by atoms with Crippen molar-refractivity contribution < 1.29 is 9.53 Å². The number of aryl methyl sites for hydroxylation is 2. The first-order valence-electron chi connectivity index (χ1n) is 9.21. The molecule has 6 heteroatoms. The van der Waals surface area contributed by atoms with Gasteiger partial charge in [-0.2, -0.15) is 0 Å². The minimum atomic E-state index is -0.0842. The molecule has 1 heterocycles. The second-order valence-corrected chi connectivity index (χ2v) is 8.41. The summed E-state index contributed by atoms with van der Waals surface area (Å²) in [6.07, 6.45) is 1.46. The first-order chi connectivity index (χ1) is 13.9. The van der Waals surface area contributed by atoms with Crippen LogP contribution in [0.1, 0.15) is 32.7 Å². The van der Waals surface area contributed by atoms with Crippen molar-refractivity contribution >= 4 is 40.5 Å². The fourth-order valence-electron chi connectivity index (χ4n) is 3.05. The van der Waals surface area contributed by atoms with Crippen LogP contribution < -0.4 is 10.3 Å². The van der Waals surface area contributed by atoms with Crippen LogP contribution in [0.15, 0.2) is 53.3 Å². The quantitative estimate of drug-likeness (QED) is 0.311. The third-order valence-electron chi connectivity index (χ3n) is 4.96. The molecule has 0 saturated carbocycles. The summed E-state index contributed by atoms with van der Waals surface area (Å²) in [5, 5.41) is 0.510. The monoisotopic (exact) mass is 521 g/mol. The van der Waals surface area contributed by atoms with Gasteiger partial charge in [-0.15, -0.1) is 0 Å². The third-order valence-corrected chi connectivity index (χ3v) is 6.06. The van der Waals surface area contributed by atoms with E-state index in [4.69, 9.17) is 16.3 Å². The highest BCUT2D eigenvalue weighted by Crippen LogP contribution is 2.24. The van der Waals surface area contributed by atoms with Gasteiger partial charge in [-0.3, -0.25) is 9.59 Å². The molecule has 0 unspecified atom stereocenters. The normalized spacial score (nSPS) is 10.8. The third kappa shape index (κ3) is 5.08. The summed E-state index contributed by atoms with van der Waals surface area (Å²) in [7, 11) is 0. The van der Waals surface area contributed by atoms with E-state index in [9.17, 15) is 9.59 Å². The van der Waals surface area contributed by atoms with Crippen molar-refractivity contribution in [1.82, 2.24) is 4.57 Å². The van der Waals surface area contributed by atoms with Crippen molar-refractivity contribution in [2.75, 3.05) is 0 Å². The Morgan fingerprint density at radius 1 is 1.14 bits per heavy atom. The van der Waals surface area contributed by atoms with Gasteiger partial charge < -0.3 is 9.30 Å². The lowest BCUT2D eigenvalue weighted by Crippen LogP contribution is -2.27. The maximum absolute atomic E-state index is 12.8. The van der Waals surface area contributed by atoms with Gasteiger partial charge in [-0.1, -0.05) is 48.0 Å². The van der Waals surface area contributed by atoms with Crippen LogP contribution in [0.25, 0.3) is 0 Å². The number of ether oxygens (including phenoxy) is 1. The Labute approximate surface area is 188 Å². The van der Waals surface area contributed by atoms with E-state index in [2.05, 4.69) is 0 Å². The minimum absolute atomic E-state index is 0.0842. The van der Waals surface area contributed by atoms with E-state index in [1.165, 1.54) is 0 Å². The number of halogens is 2. The summed E-state index contributed by atoms with van der Waals surface area (Å²) in [6.45, 7) is 4.73. The van der Waals surface area contributed by atoms with Crippen LogP contribution in [0.3, 0.4) is 0 Å². The molecule has 0 atom stereocenters. The molecule has 4 nitrogen and oxygen atoms in total. The highest BCUT2D eigenvalue weighted by atomic mass is 127. The van der Waals surface area contributed by atoms with Crippen molar-refractivity contribution in [2.24, 2.45) is 0 Å².